The number of hydrogen-bond acceptors (Lipinski definition) is 3. The van der Waals surface area contributed by atoms with Gasteiger partial charge < -0.3 is 14.2 Å². The molecule has 2 aromatic carbocycles. The van der Waals surface area contributed by atoms with E-state index in [1.54, 1.807) is 25.3 Å². The highest BCUT2D eigenvalue weighted by Crippen LogP contribution is 2.39. The fourth-order valence-electron chi connectivity index (χ4n) is 5.60. The summed E-state index contributed by atoms with van der Waals surface area (Å²) in [5, 5.41) is 0. The number of halogens is 3. The first-order valence-electron chi connectivity index (χ1n) is 13.0. The number of benzene rings is 2. The lowest BCUT2D eigenvalue weighted by molar-refractivity contribution is 0.0654. The molecule has 35 heavy (non-hydrogen) atoms. The van der Waals surface area contributed by atoms with Crippen LogP contribution in [0.1, 0.15) is 86.8 Å². The predicted octanol–water partition coefficient (Wildman–Crippen LogP) is 7.67. The lowest BCUT2D eigenvalue weighted by Gasteiger charge is -2.29. The molecule has 0 N–H and O–H groups in total. The molecule has 0 radical (unpaired) electrons. The Kier molecular flexibility index (Phi) is 9.12. The topological polar surface area (TPSA) is 27.7 Å². The number of ether oxygens (including phenoxy) is 3. The lowest BCUT2D eigenvalue weighted by atomic mass is 9.79. The van der Waals surface area contributed by atoms with Crippen LogP contribution in [0.25, 0.3) is 0 Å². The normalized spacial score (nSPS) is 24.9. The Morgan fingerprint density at radius 1 is 0.829 bits per heavy atom. The average Bonchev–Trinajstić information content (AvgIpc) is 2.89. The standard InChI is InChI=1S/C29H37F3O3/c1-3-34-18-23-9-8-22(16-26(23)30)20-6-4-19(5-7-20)17-35-27-15-14-25(28(31)29(27)32)21-10-12-24(33-2)13-11-21/h8-9,14-16,19-21,24H,3-7,10-13,17-18H2,1-2H3. The highest BCUT2D eigenvalue weighted by molar-refractivity contribution is 5.33. The molecule has 2 aliphatic carbocycles. The summed E-state index contributed by atoms with van der Waals surface area (Å²) >= 11 is 0. The molecule has 2 fully saturated rings. The molecule has 6 heteroatoms. The van der Waals surface area contributed by atoms with Gasteiger partial charge in [0.05, 0.1) is 19.3 Å². The van der Waals surface area contributed by atoms with E-state index < -0.39 is 11.6 Å². The minimum Gasteiger partial charge on any atom is -0.490 e. The first-order valence-corrected chi connectivity index (χ1v) is 13.0. The molecule has 0 amide bonds. The molecule has 0 heterocycles. The molecule has 0 spiro atoms. The lowest BCUT2D eigenvalue weighted by Crippen LogP contribution is -2.21. The molecule has 4 rings (SSSR count). The number of hydrogen-bond donors (Lipinski definition) is 0. The van der Waals surface area contributed by atoms with Crippen LogP contribution in [-0.4, -0.2) is 26.4 Å². The summed E-state index contributed by atoms with van der Waals surface area (Å²) in [7, 11) is 1.70. The van der Waals surface area contributed by atoms with Crippen molar-refractivity contribution in [2.45, 2.75) is 82.8 Å². The largest absolute Gasteiger partial charge is 0.490 e. The summed E-state index contributed by atoms with van der Waals surface area (Å²) in [6.45, 7) is 3.11. The van der Waals surface area contributed by atoms with Crippen LogP contribution < -0.4 is 4.74 Å². The van der Waals surface area contributed by atoms with E-state index in [0.29, 0.717) is 36.9 Å². The Hall–Kier alpha value is -2.05. The molecule has 2 saturated carbocycles. The molecule has 0 bridgehead atoms. The molecule has 192 valence electrons. The van der Waals surface area contributed by atoms with Gasteiger partial charge in [-0.15, -0.1) is 0 Å². The van der Waals surface area contributed by atoms with Crippen molar-refractivity contribution in [2.24, 2.45) is 5.92 Å². The van der Waals surface area contributed by atoms with Crippen LogP contribution in [0.15, 0.2) is 30.3 Å². The van der Waals surface area contributed by atoms with Crippen molar-refractivity contribution in [1.82, 2.24) is 0 Å². The number of methoxy groups -OCH3 is 1. The van der Waals surface area contributed by atoms with E-state index in [1.807, 2.05) is 19.1 Å². The van der Waals surface area contributed by atoms with Gasteiger partial charge in [-0.1, -0.05) is 18.2 Å². The van der Waals surface area contributed by atoms with E-state index in [-0.39, 0.29) is 29.5 Å². The molecular weight excluding hydrogens is 453 g/mol. The third kappa shape index (κ3) is 6.39. The third-order valence-corrected chi connectivity index (χ3v) is 7.86. The van der Waals surface area contributed by atoms with Crippen molar-refractivity contribution < 1.29 is 27.4 Å². The van der Waals surface area contributed by atoms with Gasteiger partial charge in [0, 0.05) is 19.3 Å². The quantitative estimate of drug-likeness (QED) is 0.361. The maximum atomic E-state index is 14.8. The van der Waals surface area contributed by atoms with Crippen molar-refractivity contribution in [1.29, 1.82) is 0 Å². The van der Waals surface area contributed by atoms with Gasteiger partial charge in [-0.25, -0.2) is 8.78 Å². The van der Waals surface area contributed by atoms with Crippen LogP contribution in [-0.2, 0) is 16.1 Å². The van der Waals surface area contributed by atoms with Crippen LogP contribution in [0, 0.1) is 23.4 Å². The van der Waals surface area contributed by atoms with Gasteiger partial charge in [0.25, 0.3) is 0 Å². The van der Waals surface area contributed by atoms with Crippen molar-refractivity contribution in [2.75, 3.05) is 20.3 Å². The molecule has 0 saturated heterocycles. The van der Waals surface area contributed by atoms with Gasteiger partial charge in [0.15, 0.2) is 11.6 Å². The summed E-state index contributed by atoms with van der Waals surface area (Å²) in [4.78, 5) is 0. The zero-order chi connectivity index (χ0) is 24.8. The summed E-state index contributed by atoms with van der Waals surface area (Å²) in [5.41, 5.74) is 2.05. The molecular formula is C29H37F3O3. The van der Waals surface area contributed by atoms with Gasteiger partial charge in [-0.3, -0.25) is 0 Å². The Balaban J connectivity index is 1.28. The first kappa shape index (κ1) is 26.0. The molecule has 3 nitrogen and oxygen atoms in total. The van der Waals surface area contributed by atoms with Crippen LogP contribution in [0.2, 0.25) is 0 Å². The Morgan fingerprint density at radius 3 is 2.20 bits per heavy atom. The highest BCUT2D eigenvalue weighted by atomic mass is 19.2. The molecule has 0 atom stereocenters. The zero-order valence-corrected chi connectivity index (χ0v) is 20.8. The second-order valence-electron chi connectivity index (χ2n) is 10.0. The first-order chi connectivity index (χ1) is 17.0. The van der Waals surface area contributed by atoms with Crippen molar-refractivity contribution in [3.8, 4) is 5.75 Å². The summed E-state index contributed by atoms with van der Waals surface area (Å²) in [6, 6.07) is 8.72. The summed E-state index contributed by atoms with van der Waals surface area (Å²) in [6.07, 6.45) is 7.25. The summed E-state index contributed by atoms with van der Waals surface area (Å²) in [5.74, 6) is -1.27. The van der Waals surface area contributed by atoms with Gasteiger partial charge in [0.2, 0.25) is 5.82 Å². The maximum Gasteiger partial charge on any atom is 0.200 e. The van der Waals surface area contributed by atoms with Crippen molar-refractivity contribution in [3.05, 3.63) is 64.5 Å². The summed E-state index contributed by atoms with van der Waals surface area (Å²) < 4.78 is 60.4. The molecule has 0 aromatic heterocycles. The zero-order valence-electron chi connectivity index (χ0n) is 20.8. The van der Waals surface area contributed by atoms with Crippen LogP contribution in [0.3, 0.4) is 0 Å². The van der Waals surface area contributed by atoms with E-state index in [2.05, 4.69) is 0 Å². The predicted molar refractivity (Wildman–Crippen MR) is 130 cm³/mol. The van der Waals surface area contributed by atoms with E-state index in [9.17, 15) is 13.2 Å². The third-order valence-electron chi connectivity index (χ3n) is 7.86. The second-order valence-corrected chi connectivity index (χ2v) is 10.0. The smallest absolute Gasteiger partial charge is 0.200 e. The fraction of sp³-hybridized carbons (Fsp3) is 0.586. The Labute approximate surface area is 207 Å². The van der Waals surface area contributed by atoms with Gasteiger partial charge >= 0.3 is 0 Å². The SMILES string of the molecule is CCOCc1ccc(C2CCC(COc3ccc(C4CCC(OC)CC4)c(F)c3F)CC2)cc1F. The average molecular weight is 491 g/mol. The highest BCUT2D eigenvalue weighted by Gasteiger charge is 2.28. The van der Waals surface area contributed by atoms with Gasteiger partial charge in [0.1, 0.15) is 5.82 Å². The molecule has 2 aromatic rings. The fourth-order valence-corrected chi connectivity index (χ4v) is 5.60. The van der Waals surface area contributed by atoms with Crippen molar-refractivity contribution >= 4 is 0 Å². The molecule has 2 aliphatic rings. The monoisotopic (exact) mass is 490 g/mol. The Bertz CT molecular complexity index is 964. The van der Waals surface area contributed by atoms with Crippen LogP contribution in [0.5, 0.6) is 5.75 Å². The van der Waals surface area contributed by atoms with E-state index >= 15 is 0 Å². The van der Waals surface area contributed by atoms with Crippen molar-refractivity contribution in [3.63, 3.8) is 0 Å². The minimum absolute atomic E-state index is 0.00842. The van der Waals surface area contributed by atoms with Crippen LogP contribution in [0.4, 0.5) is 13.2 Å². The van der Waals surface area contributed by atoms with E-state index in [0.717, 1.165) is 56.9 Å². The van der Waals surface area contributed by atoms with E-state index in [1.165, 1.54) is 0 Å². The Morgan fingerprint density at radius 2 is 1.54 bits per heavy atom. The minimum atomic E-state index is -0.882. The molecule has 0 aliphatic heterocycles. The second kappa shape index (κ2) is 12.3. The van der Waals surface area contributed by atoms with Crippen LogP contribution >= 0.6 is 0 Å². The van der Waals surface area contributed by atoms with E-state index in [4.69, 9.17) is 14.2 Å². The van der Waals surface area contributed by atoms with Gasteiger partial charge in [-0.2, -0.15) is 4.39 Å². The van der Waals surface area contributed by atoms with Gasteiger partial charge in [-0.05, 0) is 99.3 Å². The number of rotatable bonds is 9. The molecule has 0 unspecified atom stereocenters. The maximum absolute atomic E-state index is 14.8.